The molecule has 0 spiro atoms. The summed E-state index contributed by atoms with van der Waals surface area (Å²) in [7, 11) is 0. The van der Waals surface area contributed by atoms with Gasteiger partial charge in [-0.1, -0.05) is 18.2 Å². The Kier molecular flexibility index (Phi) is 5.20. The summed E-state index contributed by atoms with van der Waals surface area (Å²) in [6.45, 7) is 4.57. The summed E-state index contributed by atoms with van der Waals surface area (Å²) in [5.41, 5.74) is 2.03. The number of rotatable bonds is 6. The van der Waals surface area contributed by atoms with Crippen molar-refractivity contribution in [2.75, 3.05) is 6.54 Å². The molecule has 0 bridgehead atoms. The molecule has 0 fully saturated rings. The molecule has 0 unspecified atom stereocenters. The summed E-state index contributed by atoms with van der Waals surface area (Å²) >= 11 is 0. The zero-order valence-electron chi connectivity index (χ0n) is 14.1. The van der Waals surface area contributed by atoms with Gasteiger partial charge in [-0.25, -0.2) is 9.67 Å². The first-order valence-electron chi connectivity index (χ1n) is 8.06. The second kappa shape index (κ2) is 7.90. The van der Waals surface area contributed by atoms with Crippen molar-refractivity contribution in [1.82, 2.24) is 19.7 Å². The fraction of sp³-hybridized carbons (Fsp3) is 0.100. The van der Waals surface area contributed by atoms with Gasteiger partial charge in [0.2, 0.25) is 0 Å². The molecule has 0 aliphatic heterocycles. The maximum atomic E-state index is 12.8. The lowest BCUT2D eigenvalue weighted by atomic mass is 10.1. The lowest BCUT2D eigenvalue weighted by molar-refractivity contribution is 0.0762. The van der Waals surface area contributed by atoms with Crippen molar-refractivity contribution >= 4 is 5.91 Å². The molecule has 6 heteroatoms. The fourth-order valence-electron chi connectivity index (χ4n) is 2.52. The van der Waals surface area contributed by atoms with E-state index in [2.05, 4.69) is 22.7 Å². The number of hydrogen-bond acceptors (Lipinski definition) is 4. The lowest BCUT2D eigenvalue weighted by Gasteiger charge is -2.21. The minimum Gasteiger partial charge on any atom is -0.331 e. The van der Waals surface area contributed by atoms with Crippen molar-refractivity contribution in [2.24, 2.45) is 0 Å². The highest BCUT2D eigenvalue weighted by atomic mass is 16.2. The third-order valence-electron chi connectivity index (χ3n) is 3.83. The Morgan fingerprint density at radius 3 is 2.65 bits per heavy atom. The smallest absolute Gasteiger partial charge is 0.256 e. The first kappa shape index (κ1) is 17.1. The summed E-state index contributed by atoms with van der Waals surface area (Å²) in [4.78, 5) is 18.8. The van der Waals surface area contributed by atoms with Crippen LogP contribution >= 0.6 is 0 Å². The predicted octanol–water partition coefficient (Wildman–Crippen LogP) is 2.97. The van der Waals surface area contributed by atoms with Crippen LogP contribution in [-0.2, 0) is 6.54 Å². The average Bonchev–Trinajstić information content (AvgIpc) is 3.22. The Morgan fingerprint density at radius 1 is 1.27 bits per heavy atom. The van der Waals surface area contributed by atoms with E-state index in [1.165, 1.54) is 0 Å². The summed E-state index contributed by atoms with van der Waals surface area (Å²) in [5, 5.41) is 13.0. The standard InChI is InChI=1S/C20H17N5O/c1-2-11-24(15-17-6-4-16(13-21)5-7-17)20(26)18-8-9-19(22-14-18)25-12-3-10-23-25/h2-10,12,14H,1,11,15H2. The Morgan fingerprint density at radius 2 is 2.08 bits per heavy atom. The molecule has 0 aliphatic rings. The molecule has 0 saturated heterocycles. The predicted molar refractivity (Wildman–Crippen MR) is 97.5 cm³/mol. The maximum Gasteiger partial charge on any atom is 0.256 e. The lowest BCUT2D eigenvalue weighted by Crippen LogP contribution is -2.30. The van der Waals surface area contributed by atoms with Crippen LogP contribution in [0.1, 0.15) is 21.5 Å². The van der Waals surface area contributed by atoms with E-state index < -0.39 is 0 Å². The van der Waals surface area contributed by atoms with Crippen molar-refractivity contribution < 1.29 is 4.79 Å². The molecule has 128 valence electrons. The molecule has 2 heterocycles. The van der Waals surface area contributed by atoms with Gasteiger partial charge < -0.3 is 4.90 Å². The van der Waals surface area contributed by atoms with Gasteiger partial charge in [-0.05, 0) is 35.9 Å². The SMILES string of the molecule is C=CCN(Cc1ccc(C#N)cc1)C(=O)c1ccc(-n2cccn2)nc1. The molecular formula is C20H17N5O. The van der Waals surface area contributed by atoms with E-state index >= 15 is 0 Å². The summed E-state index contributed by atoms with van der Waals surface area (Å²) in [6.07, 6.45) is 6.70. The number of aromatic nitrogens is 3. The van der Waals surface area contributed by atoms with Gasteiger partial charge in [0.25, 0.3) is 5.91 Å². The van der Waals surface area contributed by atoms with E-state index in [9.17, 15) is 4.79 Å². The maximum absolute atomic E-state index is 12.8. The Bertz CT molecular complexity index is 922. The van der Waals surface area contributed by atoms with Crippen LogP contribution in [0.15, 0.2) is 73.7 Å². The molecule has 0 radical (unpaired) electrons. The monoisotopic (exact) mass is 343 g/mol. The highest BCUT2D eigenvalue weighted by molar-refractivity contribution is 5.94. The van der Waals surface area contributed by atoms with Gasteiger partial charge in [-0.3, -0.25) is 4.79 Å². The molecule has 0 saturated carbocycles. The first-order valence-corrected chi connectivity index (χ1v) is 8.06. The minimum absolute atomic E-state index is 0.131. The summed E-state index contributed by atoms with van der Waals surface area (Å²) in [6, 6.07) is 14.6. The number of amides is 1. The Hall–Kier alpha value is -3.72. The van der Waals surface area contributed by atoms with Crippen LogP contribution < -0.4 is 0 Å². The number of nitrogens with zero attached hydrogens (tertiary/aromatic N) is 5. The molecule has 2 aromatic heterocycles. The molecule has 0 aliphatic carbocycles. The topological polar surface area (TPSA) is 74.8 Å². The molecule has 3 aromatic rings. The molecule has 26 heavy (non-hydrogen) atoms. The van der Waals surface area contributed by atoms with E-state index in [0.717, 1.165) is 5.56 Å². The van der Waals surface area contributed by atoms with Gasteiger partial charge in [0.15, 0.2) is 5.82 Å². The van der Waals surface area contributed by atoms with Crippen molar-refractivity contribution in [3.8, 4) is 11.9 Å². The molecule has 1 amide bonds. The first-order chi connectivity index (χ1) is 12.7. The number of nitriles is 1. The second-order valence-corrected chi connectivity index (χ2v) is 5.64. The highest BCUT2D eigenvalue weighted by Crippen LogP contribution is 2.12. The second-order valence-electron chi connectivity index (χ2n) is 5.64. The normalized spacial score (nSPS) is 10.1. The molecule has 6 nitrogen and oxygen atoms in total. The van der Waals surface area contributed by atoms with Gasteiger partial charge in [0.1, 0.15) is 0 Å². The van der Waals surface area contributed by atoms with Gasteiger partial charge in [-0.2, -0.15) is 10.4 Å². The van der Waals surface area contributed by atoms with E-state index in [1.54, 1.807) is 58.5 Å². The third-order valence-corrected chi connectivity index (χ3v) is 3.83. The van der Waals surface area contributed by atoms with Crippen molar-refractivity contribution in [3.05, 3.63) is 90.4 Å². The van der Waals surface area contributed by atoms with Crippen LogP contribution in [0.3, 0.4) is 0 Å². The average molecular weight is 343 g/mol. The van der Waals surface area contributed by atoms with Gasteiger partial charge in [-0.15, -0.1) is 6.58 Å². The Balaban J connectivity index is 1.77. The van der Waals surface area contributed by atoms with Crippen molar-refractivity contribution in [2.45, 2.75) is 6.54 Å². The number of pyridine rings is 1. The van der Waals surface area contributed by atoms with Crippen molar-refractivity contribution in [1.29, 1.82) is 5.26 Å². The molecule has 1 aromatic carbocycles. The molecular weight excluding hydrogens is 326 g/mol. The number of benzene rings is 1. The van der Waals surface area contributed by atoms with E-state index in [-0.39, 0.29) is 5.91 Å². The quantitative estimate of drug-likeness (QED) is 0.645. The molecule has 0 N–H and O–H groups in total. The van der Waals surface area contributed by atoms with Crippen LogP contribution in [0.5, 0.6) is 0 Å². The number of carbonyl (C=O) groups is 1. The Labute approximate surface area is 151 Å². The van der Waals surface area contributed by atoms with Crippen molar-refractivity contribution in [3.63, 3.8) is 0 Å². The van der Waals surface area contributed by atoms with Crippen LogP contribution in [0, 0.1) is 11.3 Å². The van der Waals surface area contributed by atoms with E-state index in [4.69, 9.17) is 5.26 Å². The van der Waals surface area contributed by atoms with Gasteiger partial charge in [0.05, 0.1) is 17.2 Å². The fourth-order valence-corrected chi connectivity index (χ4v) is 2.52. The van der Waals surface area contributed by atoms with Crippen LogP contribution in [0.4, 0.5) is 0 Å². The molecule has 3 rings (SSSR count). The third kappa shape index (κ3) is 3.84. The largest absolute Gasteiger partial charge is 0.331 e. The van der Waals surface area contributed by atoms with Crippen LogP contribution in [0.2, 0.25) is 0 Å². The van der Waals surface area contributed by atoms with Crippen LogP contribution in [0.25, 0.3) is 5.82 Å². The number of carbonyl (C=O) groups excluding carboxylic acids is 1. The minimum atomic E-state index is -0.131. The molecule has 0 atom stereocenters. The summed E-state index contributed by atoms with van der Waals surface area (Å²) in [5.74, 6) is 0.516. The zero-order valence-corrected chi connectivity index (χ0v) is 14.1. The summed E-state index contributed by atoms with van der Waals surface area (Å²) < 4.78 is 1.63. The van der Waals surface area contributed by atoms with E-state index in [1.807, 2.05) is 18.2 Å². The van der Waals surface area contributed by atoms with Gasteiger partial charge >= 0.3 is 0 Å². The van der Waals surface area contributed by atoms with Gasteiger partial charge in [0, 0.05) is 31.7 Å². The van der Waals surface area contributed by atoms with E-state index in [0.29, 0.717) is 30.0 Å². The zero-order chi connectivity index (χ0) is 18.4. The number of hydrogen-bond donors (Lipinski definition) is 0. The van der Waals surface area contributed by atoms with Crippen LogP contribution in [-0.4, -0.2) is 32.1 Å². The highest BCUT2D eigenvalue weighted by Gasteiger charge is 2.16.